The molecule has 2 rings (SSSR count). The number of carbonyl (C=O) groups is 1. The molecule has 0 atom stereocenters. The molecule has 23 heavy (non-hydrogen) atoms. The van der Waals surface area contributed by atoms with E-state index in [2.05, 4.69) is 20.5 Å². The Hall–Kier alpha value is -1.70. The maximum absolute atomic E-state index is 12.1. The van der Waals surface area contributed by atoms with Crippen LogP contribution in [0.1, 0.15) is 10.4 Å². The van der Waals surface area contributed by atoms with Gasteiger partial charge in [0.25, 0.3) is 5.91 Å². The van der Waals surface area contributed by atoms with Gasteiger partial charge in [0, 0.05) is 51.0 Å². The third-order valence-corrected chi connectivity index (χ3v) is 3.70. The number of carbonyl (C=O) groups excluding carboxylic acids is 1. The molecule has 0 spiro atoms. The summed E-state index contributed by atoms with van der Waals surface area (Å²) in [6.45, 7) is 6.77. The molecule has 0 aromatic carbocycles. The van der Waals surface area contributed by atoms with E-state index in [1.165, 1.54) is 0 Å². The number of nitrogens with zero attached hydrogens (tertiary/aromatic N) is 3. The van der Waals surface area contributed by atoms with Gasteiger partial charge in [-0.05, 0) is 26.2 Å². The lowest BCUT2D eigenvalue weighted by Gasteiger charge is -2.26. The highest BCUT2D eigenvalue weighted by atomic mass is 16.5. The van der Waals surface area contributed by atoms with E-state index in [0.717, 1.165) is 51.8 Å². The monoisotopic (exact) mass is 321 g/mol. The number of morpholine rings is 1. The normalized spacial score (nSPS) is 15.6. The number of ether oxygens (including phenoxy) is 1. The van der Waals surface area contributed by atoms with E-state index < -0.39 is 0 Å². The van der Waals surface area contributed by atoms with E-state index in [0.29, 0.717) is 12.1 Å². The molecular formula is C16H27N5O2. The van der Waals surface area contributed by atoms with Crippen molar-refractivity contribution in [2.75, 3.05) is 71.9 Å². The minimum absolute atomic E-state index is 0.0644. The van der Waals surface area contributed by atoms with E-state index >= 15 is 0 Å². The Bertz CT molecular complexity index is 489. The molecule has 0 bridgehead atoms. The highest BCUT2D eigenvalue weighted by molar-refractivity contribution is 5.94. The number of nitrogens with one attached hydrogen (secondary N) is 2. The van der Waals surface area contributed by atoms with Crippen LogP contribution in [0.2, 0.25) is 0 Å². The Balaban J connectivity index is 1.75. The fraction of sp³-hybridized carbons (Fsp3) is 0.625. The van der Waals surface area contributed by atoms with Crippen LogP contribution in [0.15, 0.2) is 18.3 Å². The maximum Gasteiger partial charge on any atom is 0.251 e. The molecule has 1 aromatic rings. The minimum atomic E-state index is -0.0644. The maximum atomic E-state index is 12.1. The van der Waals surface area contributed by atoms with Gasteiger partial charge in [-0.3, -0.25) is 9.69 Å². The number of aromatic nitrogens is 1. The second-order valence-electron chi connectivity index (χ2n) is 5.87. The standard InChI is InChI=1S/C16H27N5O2/c1-20(2)7-5-19-16(22)14-3-4-17-15(13-14)18-6-8-21-9-11-23-12-10-21/h3-4,13H,5-12H2,1-2H3,(H,17,18)(H,19,22). The molecular weight excluding hydrogens is 294 g/mol. The van der Waals surface area contributed by atoms with Gasteiger partial charge in [0.2, 0.25) is 0 Å². The molecule has 2 heterocycles. The summed E-state index contributed by atoms with van der Waals surface area (Å²) in [5, 5.41) is 6.19. The van der Waals surface area contributed by atoms with Crippen molar-refractivity contribution in [2.24, 2.45) is 0 Å². The lowest BCUT2D eigenvalue weighted by Crippen LogP contribution is -2.39. The van der Waals surface area contributed by atoms with Gasteiger partial charge in [0.15, 0.2) is 0 Å². The van der Waals surface area contributed by atoms with Gasteiger partial charge in [-0.25, -0.2) is 4.98 Å². The molecule has 1 aromatic heterocycles. The van der Waals surface area contributed by atoms with Crippen molar-refractivity contribution in [1.29, 1.82) is 0 Å². The summed E-state index contributed by atoms with van der Waals surface area (Å²) in [6.07, 6.45) is 1.66. The molecule has 128 valence electrons. The van der Waals surface area contributed by atoms with Gasteiger partial charge in [0.1, 0.15) is 5.82 Å². The Morgan fingerprint density at radius 3 is 2.87 bits per heavy atom. The molecule has 0 unspecified atom stereocenters. The number of likely N-dealkylation sites (N-methyl/N-ethyl adjacent to an activating group) is 1. The summed E-state index contributed by atoms with van der Waals surface area (Å²) in [5.74, 6) is 0.670. The van der Waals surface area contributed by atoms with Gasteiger partial charge >= 0.3 is 0 Å². The summed E-state index contributed by atoms with van der Waals surface area (Å²) in [5.41, 5.74) is 0.632. The van der Waals surface area contributed by atoms with Crippen LogP contribution in [0.5, 0.6) is 0 Å². The Morgan fingerprint density at radius 1 is 1.35 bits per heavy atom. The second kappa shape index (κ2) is 9.44. The van der Waals surface area contributed by atoms with Crippen LogP contribution in [-0.2, 0) is 4.74 Å². The predicted molar refractivity (Wildman–Crippen MR) is 90.9 cm³/mol. The molecule has 7 heteroatoms. The van der Waals surface area contributed by atoms with Crippen LogP contribution < -0.4 is 10.6 Å². The number of amides is 1. The van der Waals surface area contributed by atoms with Crippen molar-refractivity contribution in [2.45, 2.75) is 0 Å². The Labute approximate surface area is 138 Å². The lowest BCUT2D eigenvalue weighted by atomic mass is 10.2. The smallest absolute Gasteiger partial charge is 0.251 e. The number of pyridine rings is 1. The van der Waals surface area contributed by atoms with Crippen LogP contribution in [0.4, 0.5) is 5.82 Å². The molecule has 1 aliphatic rings. The van der Waals surface area contributed by atoms with Gasteiger partial charge in [-0.1, -0.05) is 0 Å². The number of hydrogen-bond donors (Lipinski definition) is 2. The fourth-order valence-electron chi connectivity index (χ4n) is 2.33. The summed E-state index contributed by atoms with van der Waals surface area (Å²) in [6, 6.07) is 3.53. The molecule has 1 fully saturated rings. The summed E-state index contributed by atoms with van der Waals surface area (Å²) in [4.78, 5) is 20.8. The highest BCUT2D eigenvalue weighted by Crippen LogP contribution is 2.07. The van der Waals surface area contributed by atoms with Crippen molar-refractivity contribution in [3.05, 3.63) is 23.9 Å². The van der Waals surface area contributed by atoms with Crippen LogP contribution in [0.3, 0.4) is 0 Å². The third-order valence-electron chi connectivity index (χ3n) is 3.70. The summed E-state index contributed by atoms with van der Waals surface area (Å²) < 4.78 is 5.33. The molecule has 1 aliphatic heterocycles. The van der Waals surface area contributed by atoms with Gasteiger partial charge in [-0.15, -0.1) is 0 Å². The van der Waals surface area contributed by atoms with E-state index in [1.807, 2.05) is 19.0 Å². The van der Waals surface area contributed by atoms with Gasteiger partial charge in [-0.2, -0.15) is 0 Å². The van der Waals surface area contributed by atoms with Gasteiger partial charge < -0.3 is 20.3 Å². The van der Waals surface area contributed by atoms with Gasteiger partial charge in [0.05, 0.1) is 13.2 Å². The average Bonchev–Trinajstić information content (AvgIpc) is 2.56. The summed E-state index contributed by atoms with van der Waals surface area (Å²) in [7, 11) is 3.96. The molecule has 7 nitrogen and oxygen atoms in total. The zero-order valence-corrected chi connectivity index (χ0v) is 14.0. The Morgan fingerprint density at radius 2 is 2.13 bits per heavy atom. The second-order valence-corrected chi connectivity index (χ2v) is 5.87. The van der Waals surface area contributed by atoms with Crippen molar-refractivity contribution in [3.63, 3.8) is 0 Å². The number of hydrogen-bond acceptors (Lipinski definition) is 6. The molecule has 0 aliphatic carbocycles. The zero-order valence-electron chi connectivity index (χ0n) is 14.0. The summed E-state index contributed by atoms with van der Waals surface area (Å²) >= 11 is 0. The fourth-order valence-corrected chi connectivity index (χ4v) is 2.33. The first-order valence-corrected chi connectivity index (χ1v) is 8.08. The van der Waals surface area contributed by atoms with Crippen molar-refractivity contribution >= 4 is 11.7 Å². The van der Waals surface area contributed by atoms with Crippen LogP contribution in [0, 0.1) is 0 Å². The third kappa shape index (κ3) is 6.52. The quantitative estimate of drug-likeness (QED) is 0.709. The van der Waals surface area contributed by atoms with Crippen molar-refractivity contribution < 1.29 is 9.53 Å². The first-order valence-electron chi connectivity index (χ1n) is 8.08. The van der Waals surface area contributed by atoms with Crippen molar-refractivity contribution in [1.82, 2.24) is 20.1 Å². The van der Waals surface area contributed by atoms with E-state index in [1.54, 1.807) is 18.3 Å². The first-order chi connectivity index (χ1) is 11.1. The molecule has 1 saturated heterocycles. The molecule has 2 N–H and O–H groups in total. The average molecular weight is 321 g/mol. The van der Waals surface area contributed by atoms with Crippen LogP contribution >= 0.6 is 0 Å². The molecule has 0 saturated carbocycles. The zero-order chi connectivity index (χ0) is 16.5. The minimum Gasteiger partial charge on any atom is -0.379 e. The SMILES string of the molecule is CN(C)CCNC(=O)c1ccnc(NCCN2CCOCC2)c1. The Kier molecular flexibility index (Phi) is 7.25. The van der Waals surface area contributed by atoms with E-state index in [4.69, 9.17) is 4.74 Å². The molecule has 1 amide bonds. The topological polar surface area (TPSA) is 69.7 Å². The molecule has 0 radical (unpaired) electrons. The lowest BCUT2D eigenvalue weighted by molar-refractivity contribution is 0.0398. The van der Waals surface area contributed by atoms with E-state index in [9.17, 15) is 4.79 Å². The van der Waals surface area contributed by atoms with Crippen LogP contribution in [-0.4, -0.2) is 87.3 Å². The van der Waals surface area contributed by atoms with Crippen molar-refractivity contribution in [3.8, 4) is 0 Å². The van der Waals surface area contributed by atoms with E-state index in [-0.39, 0.29) is 5.91 Å². The first kappa shape index (κ1) is 17.7. The number of anilines is 1. The number of rotatable bonds is 8. The predicted octanol–water partition coefficient (Wildman–Crippen LogP) is 0.117. The highest BCUT2D eigenvalue weighted by Gasteiger charge is 2.10. The van der Waals surface area contributed by atoms with Crippen LogP contribution in [0.25, 0.3) is 0 Å². The largest absolute Gasteiger partial charge is 0.379 e.